The van der Waals surface area contributed by atoms with E-state index >= 15 is 0 Å². The van der Waals surface area contributed by atoms with E-state index in [0.717, 1.165) is 16.8 Å². The fraction of sp³-hybridized carbons (Fsp3) is 0.125. The van der Waals surface area contributed by atoms with E-state index in [4.69, 9.17) is 4.52 Å². The molecule has 0 atom stereocenters. The first-order valence-electron chi connectivity index (χ1n) is 6.55. The van der Waals surface area contributed by atoms with Crippen LogP contribution in [0.2, 0.25) is 0 Å². The van der Waals surface area contributed by atoms with Gasteiger partial charge in [0.15, 0.2) is 0 Å². The Bertz CT molecular complexity index is 745. The van der Waals surface area contributed by atoms with Crippen LogP contribution in [-0.2, 0) is 0 Å². The lowest BCUT2D eigenvalue weighted by Crippen LogP contribution is -1.87. The number of halogens is 1. The lowest BCUT2D eigenvalue weighted by Gasteiger charge is -1.99. The van der Waals surface area contributed by atoms with Gasteiger partial charge in [-0.25, -0.2) is 4.39 Å². The van der Waals surface area contributed by atoms with Gasteiger partial charge in [-0.05, 0) is 55.0 Å². The van der Waals surface area contributed by atoms with Crippen LogP contribution in [-0.4, -0.2) is 17.2 Å². The summed E-state index contributed by atoms with van der Waals surface area (Å²) >= 11 is 0. The van der Waals surface area contributed by atoms with Crippen LogP contribution in [0.4, 0.5) is 10.1 Å². The molecule has 106 valence electrons. The van der Waals surface area contributed by atoms with E-state index in [9.17, 15) is 4.39 Å². The third kappa shape index (κ3) is 2.76. The van der Waals surface area contributed by atoms with Gasteiger partial charge in [0.2, 0.25) is 5.82 Å². The minimum absolute atomic E-state index is 0.310. The molecule has 0 aliphatic heterocycles. The number of nitrogens with one attached hydrogen (secondary N) is 1. The van der Waals surface area contributed by atoms with Crippen molar-refractivity contribution in [3.8, 4) is 22.8 Å². The lowest BCUT2D eigenvalue weighted by atomic mass is 10.1. The molecule has 3 aromatic rings. The maximum Gasteiger partial charge on any atom is 0.258 e. The predicted octanol–water partition coefficient (Wildman–Crippen LogP) is 3.89. The molecule has 0 fully saturated rings. The number of nitrogens with zero attached hydrogens (tertiary/aromatic N) is 2. The third-order valence-corrected chi connectivity index (χ3v) is 3.15. The predicted molar refractivity (Wildman–Crippen MR) is 79.4 cm³/mol. The zero-order chi connectivity index (χ0) is 14.8. The molecule has 1 heterocycles. The van der Waals surface area contributed by atoms with Gasteiger partial charge < -0.3 is 9.84 Å². The van der Waals surface area contributed by atoms with Crippen molar-refractivity contribution in [3.05, 3.63) is 53.8 Å². The molecule has 0 bridgehead atoms. The fourth-order valence-corrected chi connectivity index (χ4v) is 2.10. The minimum atomic E-state index is -0.310. The zero-order valence-electron chi connectivity index (χ0n) is 11.7. The SMILES string of the molecule is CNc1ccc(-c2nc(-c3cc(C)cc(F)c3)no2)cc1. The van der Waals surface area contributed by atoms with Crippen molar-refractivity contribution in [2.24, 2.45) is 0 Å². The first-order chi connectivity index (χ1) is 10.2. The highest BCUT2D eigenvalue weighted by atomic mass is 19.1. The summed E-state index contributed by atoms with van der Waals surface area (Å²) in [6.07, 6.45) is 0. The van der Waals surface area contributed by atoms with E-state index in [-0.39, 0.29) is 5.82 Å². The van der Waals surface area contributed by atoms with Gasteiger partial charge in [-0.15, -0.1) is 0 Å². The molecular formula is C16H14FN3O. The van der Waals surface area contributed by atoms with Crippen molar-refractivity contribution in [1.82, 2.24) is 10.1 Å². The number of aryl methyl sites for hydroxylation is 1. The van der Waals surface area contributed by atoms with Crippen LogP contribution in [0.1, 0.15) is 5.56 Å². The van der Waals surface area contributed by atoms with Crippen LogP contribution in [0.25, 0.3) is 22.8 Å². The second kappa shape index (κ2) is 5.36. The van der Waals surface area contributed by atoms with Gasteiger partial charge in [0.1, 0.15) is 5.82 Å². The molecule has 0 radical (unpaired) electrons. The summed E-state index contributed by atoms with van der Waals surface area (Å²) in [4.78, 5) is 4.32. The Morgan fingerprint density at radius 1 is 1.05 bits per heavy atom. The van der Waals surface area contributed by atoms with Gasteiger partial charge in [-0.1, -0.05) is 5.16 Å². The fourth-order valence-electron chi connectivity index (χ4n) is 2.10. The van der Waals surface area contributed by atoms with E-state index < -0.39 is 0 Å². The largest absolute Gasteiger partial charge is 0.388 e. The number of aromatic nitrogens is 2. The van der Waals surface area contributed by atoms with Gasteiger partial charge in [0.05, 0.1) is 0 Å². The maximum atomic E-state index is 13.4. The number of rotatable bonds is 3. The normalized spacial score (nSPS) is 10.6. The highest BCUT2D eigenvalue weighted by Crippen LogP contribution is 2.24. The molecule has 0 amide bonds. The Morgan fingerprint density at radius 3 is 2.48 bits per heavy atom. The first-order valence-corrected chi connectivity index (χ1v) is 6.55. The Balaban J connectivity index is 1.95. The second-order valence-electron chi connectivity index (χ2n) is 4.77. The van der Waals surface area contributed by atoms with Crippen molar-refractivity contribution in [2.75, 3.05) is 12.4 Å². The zero-order valence-corrected chi connectivity index (χ0v) is 11.7. The molecule has 1 aromatic heterocycles. The van der Waals surface area contributed by atoms with Crippen LogP contribution in [0.3, 0.4) is 0 Å². The van der Waals surface area contributed by atoms with Gasteiger partial charge in [0, 0.05) is 23.9 Å². The molecule has 3 rings (SSSR count). The molecule has 0 aliphatic rings. The molecule has 4 nitrogen and oxygen atoms in total. The molecule has 2 aromatic carbocycles. The highest BCUT2D eigenvalue weighted by molar-refractivity contribution is 5.62. The molecule has 0 saturated heterocycles. The van der Waals surface area contributed by atoms with Crippen LogP contribution in [0, 0.1) is 12.7 Å². The molecule has 1 N–H and O–H groups in total. The number of hydrogen-bond donors (Lipinski definition) is 1. The minimum Gasteiger partial charge on any atom is -0.388 e. The van der Waals surface area contributed by atoms with Crippen molar-refractivity contribution in [1.29, 1.82) is 0 Å². The van der Waals surface area contributed by atoms with Gasteiger partial charge in [-0.2, -0.15) is 4.98 Å². The molecule has 0 unspecified atom stereocenters. The van der Waals surface area contributed by atoms with Crippen LogP contribution in [0.15, 0.2) is 47.0 Å². The van der Waals surface area contributed by atoms with Gasteiger partial charge >= 0.3 is 0 Å². The van der Waals surface area contributed by atoms with Gasteiger partial charge in [0.25, 0.3) is 5.89 Å². The standard InChI is InChI=1S/C16H14FN3O/c1-10-7-12(9-13(17)8-10)15-19-16(21-20-15)11-3-5-14(18-2)6-4-11/h3-9,18H,1-2H3. The highest BCUT2D eigenvalue weighted by Gasteiger charge is 2.11. The Labute approximate surface area is 121 Å². The molecule has 0 aliphatic carbocycles. The molecule has 5 heteroatoms. The summed E-state index contributed by atoms with van der Waals surface area (Å²) in [6.45, 7) is 1.82. The monoisotopic (exact) mass is 283 g/mol. The molecular weight excluding hydrogens is 269 g/mol. The van der Waals surface area contributed by atoms with E-state index in [1.807, 2.05) is 44.3 Å². The molecule has 21 heavy (non-hydrogen) atoms. The van der Waals surface area contributed by atoms with Crippen LogP contribution < -0.4 is 5.32 Å². The Morgan fingerprint density at radius 2 is 1.81 bits per heavy atom. The number of hydrogen-bond acceptors (Lipinski definition) is 4. The van der Waals surface area contributed by atoms with E-state index in [1.54, 1.807) is 0 Å². The third-order valence-electron chi connectivity index (χ3n) is 3.15. The Kier molecular flexibility index (Phi) is 3.39. The average molecular weight is 283 g/mol. The van der Waals surface area contributed by atoms with E-state index in [2.05, 4.69) is 15.5 Å². The van der Waals surface area contributed by atoms with E-state index in [0.29, 0.717) is 17.3 Å². The van der Waals surface area contributed by atoms with Crippen molar-refractivity contribution in [3.63, 3.8) is 0 Å². The number of benzene rings is 2. The number of anilines is 1. The van der Waals surface area contributed by atoms with Crippen LogP contribution in [0.5, 0.6) is 0 Å². The summed E-state index contributed by atoms with van der Waals surface area (Å²) in [5.41, 5.74) is 3.24. The Hall–Kier alpha value is -2.69. The summed E-state index contributed by atoms with van der Waals surface area (Å²) in [6, 6.07) is 12.3. The summed E-state index contributed by atoms with van der Waals surface area (Å²) < 4.78 is 18.7. The summed E-state index contributed by atoms with van der Waals surface area (Å²) in [5.74, 6) is 0.481. The first kappa shape index (κ1) is 13.3. The van der Waals surface area contributed by atoms with Gasteiger partial charge in [-0.3, -0.25) is 0 Å². The van der Waals surface area contributed by atoms with Crippen molar-refractivity contribution < 1.29 is 8.91 Å². The quantitative estimate of drug-likeness (QED) is 0.792. The lowest BCUT2D eigenvalue weighted by molar-refractivity contribution is 0.432. The summed E-state index contributed by atoms with van der Waals surface area (Å²) in [7, 11) is 1.85. The van der Waals surface area contributed by atoms with Crippen molar-refractivity contribution >= 4 is 5.69 Å². The maximum absolute atomic E-state index is 13.4. The molecule has 0 spiro atoms. The smallest absolute Gasteiger partial charge is 0.258 e. The average Bonchev–Trinajstić information content (AvgIpc) is 2.96. The van der Waals surface area contributed by atoms with Crippen molar-refractivity contribution in [2.45, 2.75) is 6.92 Å². The topological polar surface area (TPSA) is 51.0 Å². The summed E-state index contributed by atoms with van der Waals surface area (Å²) in [5, 5.41) is 6.96. The molecule has 0 saturated carbocycles. The second-order valence-corrected chi connectivity index (χ2v) is 4.77. The van der Waals surface area contributed by atoms with E-state index in [1.165, 1.54) is 12.1 Å². The van der Waals surface area contributed by atoms with Crippen LogP contribution >= 0.6 is 0 Å².